The molecule has 1 aromatic heterocycles. The maximum atomic E-state index is 13.9. The lowest BCUT2D eigenvalue weighted by Crippen LogP contribution is -2.08. The number of hydrogen-bond acceptors (Lipinski definition) is 1. The molecule has 140 valence electrons. The smallest absolute Gasteiger partial charge is 0.247 e. The van der Waals surface area contributed by atoms with Crippen LogP contribution in [0.25, 0.3) is 33.3 Å². The highest BCUT2D eigenvalue weighted by atomic mass is 79.9. The first-order valence-electron chi connectivity index (χ1n) is 8.36. The molecule has 6 heteroatoms. The number of alkyl halides is 3. The number of rotatable bonds is 2. The summed E-state index contributed by atoms with van der Waals surface area (Å²) >= 11 is 6.51. The van der Waals surface area contributed by atoms with Crippen LogP contribution in [0.2, 0.25) is 0 Å². The highest BCUT2D eigenvalue weighted by molar-refractivity contribution is 9.11. The van der Waals surface area contributed by atoms with Crippen molar-refractivity contribution >= 4 is 42.8 Å². The molecule has 0 fully saturated rings. The molecule has 3 aromatic carbocycles. The van der Waals surface area contributed by atoms with E-state index >= 15 is 0 Å². The van der Waals surface area contributed by atoms with Crippen molar-refractivity contribution in [3.63, 3.8) is 0 Å². The SMILES string of the molecule is FC(F)(F)c1cc(Br)cc(Br)c1-c1cc2ccccc2nc1-c1ccccc1. The van der Waals surface area contributed by atoms with Crippen LogP contribution in [0.4, 0.5) is 13.2 Å². The van der Waals surface area contributed by atoms with Crippen molar-refractivity contribution in [1.82, 2.24) is 4.98 Å². The molecule has 0 aliphatic carbocycles. The zero-order valence-electron chi connectivity index (χ0n) is 14.3. The summed E-state index contributed by atoms with van der Waals surface area (Å²) in [5.74, 6) is 0. The highest BCUT2D eigenvalue weighted by Gasteiger charge is 2.36. The van der Waals surface area contributed by atoms with Crippen molar-refractivity contribution in [2.45, 2.75) is 6.18 Å². The number of pyridine rings is 1. The molecule has 0 saturated heterocycles. The van der Waals surface area contributed by atoms with Crippen molar-refractivity contribution in [1.29, 1.82) is 0 Å². The van der Waals surface area contributed by atoms with Crippen molar-refractivity contribution in [3.8, 4) is 22.4 Å². The van der Waals surface area contributed by atoms with Gasteiger partial charge in [0, 0.05) is 31.0 Å². The third-order valence-corrected chi connectivity index (χ3v) is 5.48. The maximum Gasteiger partial charge on any atom is 0.417 e. The third-order valence-electron chi connectivity index (χ3n) is 4.40. The predicted molar refractivity (Wildman–Crippen MR) is 113 cm³/mol. The Balaban J connectivity index is 2.13. The Kier molecular flexibility index (Phi) is 5.02. The molecule has 0 atom stereocenters. The molecular weight excluding hydrogens is 495 g/mol. The Morgan fingerprint density at radius 3 is 2.18 bits per heavy atom. The lowest BCUT2D eigenvalue weighted by molar-refractivity contribution is -0.137. The molecule has 0 aliphatic heterocycles. The number of para-hydroxylation sites is 1. The summed E-state index contributed by atoms with van der Waals surface area (Å²) in [6.45, 7) is 0. The van der Waals surface area contributed by atoms with Crippen molar-refractivity contribution in [2.75, 3.05) is 0 Å². The molecule has 0 radical (unpaired) electrons. The van der Waals surface area contributed by atoms with Gasteiger partial charge in [0.25, 0.3) is 0 Å². The normalized spacial score (nSPS) is 11.8. The standard InChI is InChI=1S/C22H12Br2F3N/c23-15-11-17(22(25,26)27)20(18(24)12-15)16-10-14-8-4-5-9-19(14)28-21(16)13-6-2-1-3-7-13/h1-12H. The van der Waals surface area contributed by atoms with Crippen molar-refractivity contribution in [3.05, 3.63) is 87.3 Å². The average Bonchev–Trinajstić information content (AvgIpc) is 2.66. The van der Waals surface area contributed by atoms with Crippen LogP contribution in [-0.2, 0) is 6.18 Å². The van der Waals surface area contributed by atoms with Crippen LogP contribution in [0, 0.1) is 0 Å². The molecule has 0 amide bonds. The van der Waals surface area contributed by atoms with Crippen LogP contribution in [0.1, 0.15) is 5.56 Å². The second-order valence-corrected chi connectivity index (χ2v) is 8.02. The maximum absolute atomic E-state index is 13.9. The summed E-state index contributed by atoms with van der Waals surface area (Å²) in [4.78, 5) is 4.71. The fourth-order valence-corrected chi connectivity index (χ4v) is 4.63. The van der Waals surface area contributed by atoms with Crippen LogP contribution < -0.4 is 0 Å². The first-order valence-corrected chi connectivity index (χ1v) is 9.95. The van der Waals surface area contributed by atoms with Crippen LogP contribution in [-0.4, -0.2) is 4.98 Å². The van der Waals surface area contributed by atoms with Crippen LogP contribution in [0.3, 0.4) is 0 Å². The molecular formula is C22H12Br2F3N. The van der Waals surface area contributed by atoms with E-state index in [4.69, 9.17) is 4.98 Å². The van der Waals surface area contributed by atoms with Crippen LogP contribution in [0.15, 0.2) is 81.7 Å². The van der Waals surface area contributed by atoms with Crippen molar-refractivity contribution in [2.24, 2.45) is 0 Å². The van der Waals surface area contributed by atoms with E-state index in [0.717, 1.165) is 22.5 Å². The zero-order valence-corrected chi connectivity index (χ0v) is 17.4. The first-order chi connectivity index (χ1) is 13.3. The summed E-state index contributed by atoms with van der Waals surface area (Å²) in [7, 11) is 0. The molecule has 0 bridgehead atoms. The van der Waals surface area contributed by atoms with E-state index in [1.54, 1.807) is 12.1 Å². The van der Waals surface area contributed by atoms with Gasteiger partial charge >= 0.3 is 6.18 Å². The Morgan fingerprint density at radius 2 is 1.46 bits per heavy atom. The van der Waals surface area contributed by atoms with E-state index in [2.05, 4.69) is 31.9 Å². The van der Waals surface area contributed by atoms with E-state index in [1.165, 1.54) is 0 Å². The molecule has 4 aromatic rings. The molecule has 1 nitrogen and oxygen atoms in total. The third kappa shape index (κ3) is 3.59. The minimum absolute atomic E-state index is 0.0767. The zero-order chi connectivity index (χ0) is 19.9. The van der Waals surface area contributed by atoms with Crippen LogP contribution in [0.5, 0.6) is 0 Å². The van der Waals surface area contributed by atoms with Crippen molar-refractivity contribution < 1.29 is 13.2 Å². The Hall–Kier alpha value is -2.18. The quantitative estimate of drug-likeness (QED) is 0.267. The topological polar surface area (TPSA) is 12.9 Å². The molecule has 0 spiro atoms. The predicted octanol–water partition coefficient (Wildman–Crippen LogP) is 8.11. The van der Waals surface area contributed by atoms with Gasteiger partial charge in [-0.25, -0.2) is 4.98 Å². The fourth-order valence-electron chi connectivity index (χ4n) is 3.19. The average molecular weight is 507 g/mol. The van der Waals surface area contributed by atoms with E-state index in [1.807, 2.05) is 54.6 Å². The van der Waals surface area contributed by atoms with Gasteiger partial charge in [-0.15, -0.1) is 0 Å². The van der Waals surface area contributed by atoms with E-state index in [0.29, 0.717) is 20.2 Å². The van der Waals surface area contributed by atoms with Gasteiger partial charge in [0.1, 0.15) is 0 Å². The molecule has 4 rings (SSSR count). The summed E-state index contributed by atoms with van der Waals surface area (Å²) in [6, 6.07) is 21.1. The lowest BCUT2D eigenvalue weighted by atomic mass is 9.93. The number of aromatic nitrogens is 1. The van der Waals surface area contributed by atoms with Gasteiger partial charge in [-0.1, -0.05) is 80.4 Å². The number of nitrogens with zero attached hydrogens (tertiary/aromatic N) is 1. The van der Waals surface area contributed by atoms with E-state index < -0.39 is 11.7 Å². The second kappa shape index (κ2) is 7.33. The minimum atomic E-state index is -4.51. The second-order valence-electron chi connectivity index (χ2n) is 6.25. The molecule has 1 heterocycles. The fraction of sp³-hybridized carbons (Fsp3) is 0.0455. The number of benzene rings is 3. The summed E-state index contributed by atoms with van der Waals surface area (Å²) in [6.07, 6.45) is -4.51. The highest BCUT2D eigenvalue weighted by Crippen LogP contribution is 2.45. The van der Waals surface area contributed by atoms with Gasteiger partial charge in [0.05, 0.1) is 16.8 Å². The summed E-state index contributed by atoms with van der Waals surface area (Å²) in [5, 5.41) is 0.778. The van der Waals surface area contributed by atoms with Gasteiger partial charge < -0.3 is 0 Å². The molecule has 0 unspecified atom stereocenters. The van der Waals surface area contributed by atoms with Gasteiger partial charge in [0.2, 0.25) is 0 Å². The number of fused-ring (bicyclic) bond motifs is 1. The van der Waals surface area contributed by atoms with Crippen LogP contribution >= 0.6 is 31.9 Å². The van der Waals surface area contributed by atoms with Gasteiger partial charge in [-0.3, -0.25) is 0 Å². The number of halogens is 5. The first kappa shape index (κ1) is 19.2. The monoisotopic (exact) mass is 505 g/mol. The Bertz CT molecular complexity index is 1170. The molecule has 0 saturated carbocycles. The minimum Gasteiger partial charge on any atom is -0.247 e. The molecule has 0 N–H and O–H groups in total. The van der Waals surface area contributed by atoms with Gasteiger partial charge in [-0.2, -0.15) is 13.2 Å². The Morgan fingerprint density at radius 1 is 0.786 bits per heavy atom. The molecule has 28 heavy (non-hydrogen) atoms. The largest absolute Gasteiger partial charge is 0.417 e. The lowest BCUT2D eigenvalue weighted by Gasteiger charge is -2.18. The molecule has 0 aliphatic rings. The summed E-state index contributed by atoms with van der Waals surface area (Å²) < 4.78 is 42.3. The number of hydrogen-bond donors (Lipinski definition) is 0. The van der Waals surface area contributed by atoms with Gasteiger partial charge in [-0.05, 0) is 24.3 Å². The Labute approximate surface area is 176 Å². The van der Waals surface area contributed by atoms with E-state index in [-0.39, 0.29) is 5.56 Å². The summed E-state index contributed by atoms with van der Waals surface area (Å²) in [5.41, 5.74) is 1.78. The van der Waals surface area contributed by atoms with Gasteiger partial charge in [0.15, 0.2) is 0 Å². The van der Waals surface area contributed by atoms with E-state index in [9.17, 15) is 13.2 Å².